The molecule has 492 valence electrons. The molecule has 1 aliphatic heterocycles. The molecule has 0 aromatic carbocycles. The molecule has 0 aliphatic carbocycles. The number of hydrogen-bond donors (Lipinski definition) is 6. The number of unbranched alkanes of at least 4 members (excludes halogenated alkanes) is 50. The van der Waals surface area contributed by atoms with E-state index in [1.807, 2.05) is 6.08 Å². The van der Waals surface area contributed by atoms with Crippen molar-refractivity contribution in [3.05, 3.63) is 24.3 Å². The standard InChI is InChI=1S/C70H135NO11S/c1-3-5-7-9-11-13-15-17-19-21-22-23-24-25-26-27-28-29-30-31-32-33-34-35-36-37-38-39-40-41-42-44-46-48-50-52-54-56-58-60-66(74)71-63(62-80-70-68(76)69(82-83(77,78)79)67(75)65(61-72)81-70)64(73)59-57-55-53-51-49-47-45-43-20-18-16-14-12-10-8-6-4-2/h31-32,57,59,63-65,67-70,72-73,75-76H,3-30,33-56,58,60-62H2,1-2H3,(H,71,74)(H,77,78,79)/b32-31-,59-57+. The van der Waals surface area contributed by atoms with Gasteiger partial charge in [-0.05, 0) is 44.9 Å². The summed E-state index contributed by atoms with van der Waals surface area (Å²) in [4.78, 5) is 13.2. The lowest BCUT2D eigenvalue weighted by Gasteiger charge is -2.41. The van der Waals surface area contributed by atoms with Gasteiger partial charge in [-0.2, -0.15) is 8.42 Å². The molecule has 6 N–H and O–H groups in total. The van der Waals surface area contributed by atoms with Crippen molar-refractivity contribution in [2.24, 2.45) is 0 Å². The lowest BCUT2D eigenvalue weighted by Crippen LogP contribution is -2.61. The van der Waals surface area contributed by atoms with Gasteiger partial charge in [0.15, 0.2) is 6.29 Å². The number of nitrogens with one attached hydrogen (secondary N) is 1. The van der Waals surface area contributed by atoms with Gasteiger partial charge in [0.25, 0.3) is 0 Å². The molecule has 1 rings (SSSR count). The highest BCUT2D eigenvalue weighted by Gasteiger charge is 2.48. The van der Waals surface area contributed by atoms with Crippen LogP contribution in [0, 0.1) is 0 Å². The van der Waals surface area contributed by atoms with Crippen molar-refractivity contribution >= 4 is 16.3 Å². The van der Waals surface area contributed by atoms with Crippen molar-refractivity contribution in [1.82, 2.24) is 5.32 Å². The topological polar surface area (TPSA) is 192 Å². The van der Waals surface area contributed by atoms with Gasteiger partial charge < -0.3 is 35.2 Å². The molecule has 1 heterocycles. The Kier molecular flexibility index (Phi) is 57.1. The Labute approximate surface area is 512 Å². The van der Waals surface area contributed by atoms with Crippen LogP contribution in [0.5, 0.6) is 0 Å². The molecule has 7 unspecified atom stereocenters. The van der Waals surface area contributed by atoms with Crippen LogP contribution >= 0.6 is 0 Å². The number of carbonyl (C=O) groups excluding carboxylic acids is 1. The van der Waals surface area contributed by atoms with Crippen LogP contribution in [-0.2, 0) is 28.9 Å². The van der Waals surface area contributed by atoms with Crippen LogP contribution in [0.15, 0.2) is 24.3 Å². The highest BCUT2D eigenvalue weighted by Crippen LogP contribution is 2.26. The van der Waals surface area contributed by atoms with Gasteiger partial charge >= 0.3 is 10.4 Å². The van der Waals surface area contributed by atoms with Gasteiger partial charge in [-0.3, -0.25) is 9.35 Å². The first-order valence-corrected chi connectivity index (χ1v) is 37.1. The number of amides is 1. The largest absolute Gasteiger partial charge is 0.397 e. The maximum Gasteiger partial charge on any atom is 0.397 e. The number of carbonyl (C=O) groups is 1. The van der Waals surface area contributed by atoms with Crippen LogP contribution in [0.1, 0.15) is 361 Å². The van der Waals surface area contributed by atoms with Crippen molar-refractivity contribution in [3.8, 4) is 0 Å². The smallest absolute Gasteiger partial charge is 0.394 e. The summed E-state index contributed by atoms with van der Waals surface area (Å²) in [6.45, 7) is 3.45. The van der Waals surface area contributed by atoms with Gasteiger partial charge in [0.1, 0.15) is 24.4 Å². The van der Waals surface area contributed by atoms with Crippen LogP contribution in [0.3, 0.4) is 0 Å². The molecule has 1 aliphatic rings. The molecule has 1 amide bonds. The minimum absolute atomic E-state index is 0.256. The van der Waals surface area contributed by atoms with E-state index < -0.39 is 59.9 Å². The molecule has 0 radical (unpaired) electrons. The normalized spacial score (nSPS) is 18.5. The van der Waals surface area contributed by atoms with Gasteiger partial charge in [-0.15, -0.1) is 0 Å². The predicted octanol–water partition coefficient (Wildman–Crippen LogP) is 18.7. The van der Waals surface area contributed by atoms with Crippen molar-refractivity contribution in [2.45, 2.75) is 403 Å². The second-order valence-corrected chi connectivity index (χ2v) is 26.2. The van der Waals surface area contributed by atoms with Crippen LogP contribution in [0.25, 0.3) is 0 Å². The first kappa shape index (κ1) is 79.6. The van der Waals surface area contributed by atoms with E-state index in [0.717, 1.165) is 38.5 Å². The van der Waals surface area contributed by atoms with Gasteiger partial charge in [-0.25, -0.2) is 4.18 Å². The first-order chi connectivity index (χ1) is 40.5. The molecular formula is C70H135NO11S. The lowest BCUT2D eigenvalue weighted by atomic mass is 9.99. The Balaban J connectivity index is 2.15. The first-order valence-electron chi connectivity index (χ1n) is 35.7. The van der Waals surface area contributed by atoms with E-state index in [2.05, 4.69) is 35.5 Å². The Morgan fingerprint density at radius 3 is 1.08 bits per heavy atom. The zero-order chi connectivity index (χ0) is 60.4. The molecule has 13 heteroatoms. The van der Waals surface area contributed by atoms with Crippen LogP contribution in [0.2, 0.25) is 0 Å². The van der Waals surface area contributed by atoms with Gasteiger partial charge in [0.2, 0.25) is 5.91 Å². The number of allylic oxidation sites excluding steroid dienone is 3. The average Bonchev–Trinajstić information content (AvgIpc) is 3.59. The molecule has 0 spiro atoms. The van der Waals surface area contributed by atoms with Crippen molar-refractivity contribution < 1.29 is 51.8 Å². The summed E-state index contributed by atoms with van der Waals surface area (Å²) in [5.74, 6) is -0.256. The second kappa shape index (κ2) is 59.5. The average molecular weight is 1200 g/mol. The number of aliphatic hydroxyl groups excluding tert-OH is 4. The van der Waals surface area contributed by atoms with E-state index in [1.165, 1.54) is 295 Å². The summed E-state index contributed by atoms with van der Waals surface area (Å²) in [7, 11) is -5.09. The second-order valence-electron chi connectivity index (χ2n) is 25.2. The molecule has 0 aromatic heterocycles. The van der Waals surface area contributed by atoms with E-state index in [1.54, 1.807) is 6.08 Å². The van der Waals surface area contributed by atoms with Gasteiger partial charge in [0.05, 0.1) is 25.4 Å². The maximum absolute atomic E-state index is 13.2. The van der Waals surface area contributed by atoms with E-state index in [9.17, 15) is 38.2 Å². The summed E-state index contributed by atoms with van der Waals surface area (Å²) in [5.41, 5.74) is 0. The van der Waals surface area contributed by atoms with E-state index in [0.29, 0.717) is 6.42 Å². The monoisotopic (exact) mass is 1200 g/mol. The number of ether oxygens (including phenoxy) is 2. The summed E-state index contributed by atoms with van der Waals surface area (Å²) >= 11 is 0. The minimum Gasteiger partial charge on any atom is -0.394 e. The third-order valence-electron chi connectivity index (χ3n) is 17.2. The summed E-state index contributed by atoms with van der Waals surface area (Å²) in [5, 5.41) is 45.1. The van der Waals surface area contributed by atoms with E-state index in [-0.39, 0.29) is 18.9 Å². The molecule has 0 aromatic rings. The SMILES string of the molecule is CCCCCCCCCCCCCCCCC/C=C/C(O)C(COC1OC(CO)C(O)C(OS(=O)(=O)O)C1O)NC(=O)CCCCCCCCCCCCCCCCCCC/C=C\CCCCCCCCCCCCCCCCCCCC. The van der Waals surface area contributed by atoms with E-state index >= 15 is 0 Å². The molecule has 7 atom stereocenters. The van der Waals surface area contributed by atoms with Crippen molar-refractivity contribution in [3.63, 3.8) is 0 Å². The fraction of sp³-hybridized carbons (Fsp3) is 0.929. The molecular weight excluding hydrogens is 1060 g/mol. The highest BCUT2D eigenvalue weighted by atomic mass is 32.3. The molecule has 0 saturated carbocycles. The lowest BCUT2D eigenvalue weighted by molar-refractivity contribution is -0.298. The van der Waals surface area contributed by atoms with Crippen LogP contribution < -0.4 is 5.32 Å². The van der Waals surface area contributed by atoms with Gasteiger partial charge in [0, 0.05) is 6.42 Å². The third-order valence-corrected chi connectivity index (χ3v) is 17.7. The van der Waals surface area contributed by atoms with Gasteiger partial charge in [-0.1, -0.05) is 334 Å². The molecule has 0 bridgehead atoms. The molecule has 1 fully saturated rings. The fourth-order valence-corrected chi connectivity index (χ4v) is 12.3. The Hall–Kier alpha value is -1.42. The fourth-order valence-electron chi connectivity index (χ4n) is 11.8. The number of hydrogen-bond acceptors (Lipinski definition) is 10. The van der Waals surface area contributed by atoms with Crippen molar-refractivity contribution in [2.75, 3.05) is 13.2 Å². The highest BCUT2D eigenvalue weighted by molar-refractivity contribution is 7.80. The molecule has 83 heavy (non-hydrogen) atoms. The molecule has 12 nitrogen and oxygen atoms in total. The quantitative estimate of drug-likeness (QED) is 0.0193. The van der Waals surface area contributed by atoms with Crippen LogP contribution in [-0.4, -0.2) is 95.4 Å². The maximum atomic E-state index is 13.2. The minimum atomic E-state index is -5.09. The third kappa shape index (κ3) is 51.2. The summed E-state index contributed by atoms with van der Waals surface area (Å²) in [6, 6.07) is -0.943. The molecule has 1 saturated heterocycles. The number of aliphatic hydroxyl groups is 4. The van der Waals surface area contributed by atoms with E-state index in [4.69, 9.17) is 9.47 Å². The number of rotatable bonds is 64. The summed E-state index contributed by atoms with van der Waals surface area (Å²) < 4.78 is 48.0. The van der Waals surface area contributed by atoms with Crippen molar-refractivity contribution in [1.29, 1.82) is 0 Å². The zero-order valence-electron chi connectivity index (χ0n) is 54.0. The van der Waals surface area contributed by atoms with Crippen LogP contribution in [0.4, 0.5) is 0 Å². The Morgan fingerprint density at radius 1 is 0.470 bits per heavy atom. The zero-order valence-corrected chi connectivity index (χ0v) is 54.9. The summed E-state index contributed by atoms with van der Waals surface area (Å²) in [6.07, 6.45) is 68.5. The Bertz CT molecular complexity index is 1550. The predicted molar refractivity (Wildman–Crippen MR) is 347 cm³/mol. The Morgan fingerprint density at radius 2 is 0.771 bits per heavy atom.